The molecule has 1 aliphatic heterocycles. The van der Waals surface area contributed by atoms with Crippen molar-refractivity contribution in [3.05, 3.63) is 47.9 Å². The van der Waals surface area contributed by atoms with Crippen LogP contribution >= 0.6 is 0 Å². The molecule has 24 heavy (non-hydrogen) atoms. The molecule has 0 spiro atoms. The van der Waals surface area contributed by atoms with E-state index in [1.807, 2.05) is 0 Å². The molecular weight excluding hydrogens is 306 g/mol. The maximum absolute atomic E-state index is 12.2. The van der Waals surface area contributed by atoms with Gasteiger partial charge in [0.15, 0.2) is 5.76 Å². The molecule has 1 aromatic heterocycles. The van der Waals surface area contributed by atoms with Gasteiger partial charge in [-0.05, 0) is 62.7 Å². The van der Waals surface area contributed by atoms with Crippen LogP contribution in [0.1, 0.15) is 29.2 Å². The fraction of sp³-hybridized carbons (Fsp3) is 0.333. The zero-order valence-electron chi connectivity index (χ0n) is 13.6. The van der Waals surface area contributed by atoms with E-state index < -0.39 is 0 Å². The first-order chi connectivity index (χ1) is 11.6. The summed E-state index contributed by atoms with van der Waals surface area (Å²) in [7, 11) is 0. The van der Waals surface area contributed by atoms with E-state index in [4.69, 9.17) is 4.42 Å². The number of carbonyl (C=O) groups excluding carboxylic acids is 2. The number of anilines is 2. The van der Waals surface area contributed by atoms with E-state index in [1.165, 1.54) is 0 Å². The van der Waals surface area contributed by atoms with E-state index in [1.54, 1.807) is 43.3 Å². The maximum atomic E-state index is 12.2. The summed E-state index contributed by atoms with van der Waals surface area (Å²) in [5, 5.41) is 8.91. The van der Waals surface area contributed by atoms with E-state index in [-0.39, 0.29) is 23.5 Å². The number of carbonyl (C=O) groups is 2. The zero-order valence-corrected chi connectivity index (χ0v) is 13.6. The van der Waals surface area contributed by atoms with Gasteiger partial charge < -0.3 is 20.4 Å². The summed E-state index contributed by atoms with van der Waals surface area (Å²) in [6.07, 6.45) is 1.94. The molecule has 0 bridgehead atoms. The lowest BCUT2D eigenvalue weighted by molar-refractivity contribution is -0.120. The summed E-state index contributed by atoms with van der Waals surface area (Å²) in [6.45, 7) is 3.49. The number of aryl methyl sites for hydroxylation is 1. The first kappa shape index (κ1) is 16.3. The van der Waals surface area contributed by atoms with Crippen LogP contribution in [-0.2, 0) is 4.79 Å². The first-order valence-electron chi connectivity index (χ1n) is 8.11. The average molecular weight is 327 g/mol. The van der Waals surface area contributed by atoms with Gasteiger partial charge >= 0.3 is 0 Å². The number of benzene rings is 1. The second kappa shape index (κ2) is 7.31. The zero-order chi connectivity index (χ0) is 16.9. The Balaban J connectivity index is 1.56. The minimum atomic E-state index is -0.298. The van der Waals surface area contributed by atoms with Gasteiger partial charge in [0.2, 0.25) is 5.91 Å². The van der Waals surface area contributed by atoms with Crippen LogP contribution in [0, 0.1) is 12.8 Å². The summed E-state index contributed by atoms with van der Waals surface area (Å²) in [6, 6.07) is 10.4. The highest BCUT2D eigenvalue weighted by Gasteiger charge is 2.20. The Bertz CT molecular complexity index is 715. The predicted octanol–water partition coefficient (Wildman–Crippen LogP) is 2.78. The van der Waals surface area contributed by atoms with Crippen LogP contribution in [0.3, 0.4) is 0 Å². The van der Waals surface area contributed by atoms with E-state index >= 15 is 0 Å². The van der Waals surface area contributed by atoms with Crippen LogP contribution in [0.4, 0.5) is 11.4 Å². The van der Waals surface area contributed by atoms with Gasteiger partial charge in [0.25, 0.3) is 5.91 Å². The minimum absolute atomic E-state index is 0.0142. The molecule has 3 N–H and O–H groups in total. The quantitative estimate of drug-likeness (QED) is 0.806. The topological polar surface area (TPSA) is 83.4 Å². The lowest BCUT2D eigenvalue weighted by Gasteiger charge is -2.21. The standard InChI is InChI=1S/C18H21N3O3/c1-12-4-9-16(24-12)18(23)21-15-7-5-14(6-8-15)20-17(22)13-3-2-10-19-11-13/h4-9,13,19H,2-3,10-11H2,1H3,(H,20,22)(H,21,23)/t13-/m1/s1. The lowest BCUT2D eigenvalue weighted by atomic mass is 9.99. The van der Waals surface area contributed by atoms with E-state index in [2.05, 4.69) is 16.0 Å². The Morgan fingerprint density at radius 2 is 1.79 bits per heavy atom. The molecule has 2 heterocycles. The molecule has 6 heteroatoms. The Labute approximate surface area is 140 Å². The molecule has 2 amide bonds. The highest BCUT2D eigenvalue weighted by Crippen LogP contribution is 2.18. The molecule has 6 nitrogen and oxygen atoms in total. The molecular formula is C18H21N3O3. The lowest BCUT2D eigenvalue weighted by Crippen LogP contribution is -2.37. The number of furan rings is 1. The van der Waals surface area contributed by atoms with E-state index in [0.717, 1.165) is 31.6 Å². The van der Waals surface area contributed by atoms with E-state index in [0.29, 0.717) is 11.4 Å². The second-order valence-corrected chi connectivity index (χ2v) is 5.97. The maximum Gasteiger partial charge on any atom is 0.291 e. The van der Waals surface area contributed by atoms with Crippen LogP contribution in [0.2, 0.25) is 0 Å². The number of piperidine rings is 1. The van der Waals surface area contributed by atoms with Gasteiger partial charge in [0.1, 0.15) is 5.76 Å². The monoisotopic (exact) mass is 327 g/mol. The molecule has 1 saturated heterocycles. The van der Waals surface area contributed by atoms with Crippen molar-refractivity contribution in [3.8, 4) is 0 Å². The third-order valence-electron chi connectivity index (χ3n) is 4.04. The van der Waals surface area contributed by atoms with Crippen molar-refractivity contribution in [2.45, 2.75) is 19.8 Å². The van der Waals surface area contributed by atoms with Gasteiger partial charge in [-0.2, -0.15) is 0 Å². The highest BCUT2D eigenvalue weighted by molar-refractivity contribution is 6.02. The second-order valence-electron chi connectivity index (χ2n) is 5.97. The number of hydrogen-bond donors (Lipinski definition) is 3. The van der Waals surface area contributed by atoms with Crippen molar-refractivity contribution in [1.82, 2.24) is 5.32 Å². The molecule has 0 radical (unpaired) electrons. The summed E-state index contributed by atoms with van der Waals surface area (Å²) >= 11 is 0. The van der Waals surface area contributed by atoms with Crippen LogP contribution in [0.25, 0.3) is 0 Å². The summed E-state index contributed by atoms with van der Waals surface area (Å²) in [4.78, 5) is 24.2. The Kier molecular flexibility index (Phi) is 4.96. The van der Waals surface area contributed by atoms with Crippen molar-refractivity contribution < 1.29 is 14.0 Å². The Morgan fingerprint density at radius 3 is 2.38 bits per heavy atom. The van der Waals surface area contributed by atoms with Crippen molar-refractivity contribution in [3.63, 3.8) is 0 Å². The fourth-order valence-electron chi connectivity index (χ4n) is 2.71. The van der Waals surface area contributed by atoms with Gasteiger partial charge in [-0.1, -0.05) is 0 Å². The normalized spacial score (nSPS) is 17.3. The number of nitrogens with one attached hydrogen (secondary N) is 3. The number of rotatable bonds is 4. The third-order valence-corrected chi connectivity index (χ3v) is 4.04. The summed E-state index contributed by atoms with van der Waals surface area (Å²) < 4.78 is 5.29. The fourth-order valence-corrected chi connectivity index (χ4v) is 2.71. The molecule has 1 aliphatic rings. The van der Waals surface area contributed by atoms with Gasteiger partial charge in [0, 0.05) is 17.9 Å². The molecule has 2 aromatic rings. The average Bonchev–Trinajstić information content (AvgIpc) is 3.04. The molecule has 1 aromatic carbocycles. The molecule has 0 aliphatic carbocycles. The van der Waals surface area contributed by atoms with Crippen molar-refractivity contribution in [2.75, 3.05) is 23.7 Å². The van der Waals surface area contributed by atoms with Crippen LogP contribution in [0.5, 0.6) is 0 Å². The summed E-state index contributed by atoms with van der Waals surface area (Å²) in [5.41, 5.74) is 1.36. The van der Waals surface area contributed by atoms with Gasteiger partial charge in [0.05, 0.1) is 5.92 Å². The first-order valence-corrected chi connectivity index (χ1v) is 8.11. The smallest absolute Gasteiger partial charge is 0.291 e. The molecule has 126 valence electrons. The Hall–Kier alpha value is -2.60. The Morgan fingerprint density at radius 1 is 1.08 bits per heavy atom. The van der Waals surface area contributed by atoms with Gasteiger partial charge in [-0.3, -0.25) is 9.59 Å². The van der Waals surface area contributed by atoms with Crippen molar-refractivity contribution >= 4 is 23.2 Å². The van der Waals surface area contributed by atoms with Crippen molar-refractivity contribution in [2.24, 2.45) is 5.92 Å². The van der Waals surface area contributed by atoms with Crippen LogP contribution < -0.4 is 16.0 Å². The van der Waals surface area contributed by atoms with Gasteiger partial charge in [-0.15, -0.1) is 0 Å². The number of hydrogen-bond acceptors (Lipinski definition) is 4. The third kappa shape index (κ3) is 4.02. The van der Waals surface area contributed by atoms with Crippen molar-refractivity contribution in [1.29, 1.82) is 0 Å². The molecule has 0 unspecified atom stereocenters. The molecule has 1 fully saturated rings. The van der Waals surface area contributed by atoms with Crippen LogP contribution in [0.15, 0.2) is 40.8 Å². The molecule has 1 atom stereocenters. The molecule has 0 saturated carbocycles. The largest absolute Gasteiger partial charge is 0.456 e. The van der Waals surface area contributed by atoms with Crippen LogP contribution in [-0.4, -0.2) is 24.9 Å². The molecule has 3 rings (SSSR count). The van der Waals surface area contributed by atoms with E-state index in [9.17, 15) is 9.59 Å². The summed E-state index contributed by atoms with van der Waals surface area (Å²) in [5.74, 6) is 0.712. The minimum Gasteiger partial charge on any atom is -0.456 e. The van der Waals surface area contributed by atoms with Gasteiger partial charge in [-0.25, -0.2) is 0 Å². The highest BCUT2D eigenvalue weighted by atomic mass is 16.3. The number of amides is 2. The predicted molar refractivity (Wildman–Crippen MR) is 92.1 cm³/mol. The SMILES string of the molecule is Cc1ccc(C(=O)Nc2ccc(NC(=O)[C@@H]3CCCNC3)cc2)o1.